The maximum Gasteiger partial charge on any atom is 0.0408 e. The molecule has 0 saturated carbocycles. The highest BCUT2D eigenvalue weighted by atomic mass is 35.5. The summed E-state index contributed by atoms with van der Waals surface area (Å²) >= 11 is 6.07. The van der Waals surface area contributed by atoms with Crippen molar-refractivity contribution in [3.63, 3.8) is 0 Å². The van der Waals surface area contributed by atoms with Crippen LogP contribution in [0.3, 0.4) is 0 Å². The second-order valence-corrected chi connectivity index (χ2v) is 7.43. The van der Waals surface area contributed by atoms with Crippen LogP contribution in [-0.2, 0) is 18.3 Å². The Bertz CT molecular complexity index is 638. The number of halogens is 1. The van der Waals surface area contributed by atoms with Gasteiger partial charge in [0, 0.05) is 16.8 Å². The van der Waals surface area contributed by atoms with Crippen LogP contribution in [0.5, 0.6) is 0 Å². The molecule has 1 N–H and O–H groups in total. The zero-order valence-corrected chi connectivity index (χ0v) is 13.7. The summed E-state index contributed by atoms with van der Waals surface area (Å²) in [6.07, 6.45) is 2.13. The number of rotatable bonds is 2. The van der Waals surface area contributed by atoms with Crippen LogP contribution in [0, 0.1) is 0 Å². The van der Waals surface area contributed by atoms with Gasteiger partial charge in [0.1, 0.15) is 0 Å². The fourth-order valence-electron chi connectivity index (χ4n) is 2.99. The van der Waals surface area contributed by atoms with E-state index in [4.69, 9.17) is 11.6 Å². The zero-order valence-electron chi connectivity index (χ0n) is 12.9. The summed E-state index contributed by atoms with van der Waals surface area (Å²) < 4.78 is 0. The van der Waals surface area contributed by atoms with Gasteiger partial charge in [0.2, 0.25) is 0 Å². The number of benzene rings is 2. The molecule has 3 rings (SSSR count). The van der Waals surface area contributed by atoms with E-state index >= 15 is 0 Å². The number of hydrogen-bond acceptors (Lipinski definition) is 1. The molecule has 2 aromatic carbocycles. The van der Waals surface area contributed by atoms with E-state index in [0.717, 1.165) is 17.9 Å². The first kappa shape index (κ1) is 14.5. The Kier molecular flexibility index (Phi) is 3.71. The Morgan fingerprint density at radius 2 is 1.62 bits per heavy atom. The maximum absolute atomic E-state index is 6.07. The van der Waals surface area contributed by atoms with Crippen LogP contribution >= 0.6 is 11.6 Å². The van der Waals surface area contributed by atoms with E-state index in [1.165, 1.54) is 22.4 Å². The first-order valence-corrected chi connectivity index (χ1v) is 7.94. The molecular weight excluding hydrogens is 278 g/mol. The van der Waals surface area contributed by atoms with E-state index in [-0.39, 0.29) is 5.41 Å². The Hall–Kier alpha value is -1.47. The standard InChI is InChI=1S/C19H22ClN/c1-19(2,3)15-5-8-17(9-6-15)21-18-11-13-4-7-16(20)10-14(13)12-18/h4-10,18,21H,11-12H2,1-3H3. The number of anilines is 1. The summed E-state index contributed by atoms with van der Waals surface area (Å²) in [5, 5.41) is 4.48. The SMILES string of the molecule is CC(C)(C)c1ccc(NC2Cc3ccc(Cl)cc3C2)cc1. The van der Waals surface area contributed by atoms with Gasteiger partial charge in [0.05, 0.1) is 0 Å². The molecule has 0 heterocycles. The normalized spacial score (nSPS) is 17.6. The van der Waals surface area contributed by atoms with Crippen LogP contribution in [0.2, 0.25) is 5.02 Å². The molecule has 0 spiro atoms. The van der Waals surface area contributed by atoms with E-state index in [9.17, 15) is 0 Å². The van der Waals surface area contributed by atoms with Gasteiger partial charge in [-0.05, 0) is 59.2 Å². The summed E-state index contributed by atoms with van der Waals surface area (Å²) in [6.45, 7) is 6.73. The third-order valence-electron chi connectivity index (χ3n) is 4.22. The fourth-order valence-corrected chi connectivity index (χ4v) is 3.19. The topological polar surface area (TPSA) is 12.0 Å². The van der Waals surface area contributed by atoms with Crippen molar-refractivity contribution in [1.29, 1.82) is 0 Å². The molecule has 2 heteroatoms. The van der Waals surface area contributed by atoms with E-state index < -0.39 is 0 Å². The van der Waals surface area contributed by atoms with Crippen LogP contribution in [0.4, 0.5) is 5.69 Å². The molecule has 1 atom stereocenters. The summed E-state index contributed by atoms with van der Waals surface area (Å²) in [7, 11) is 0. The molecule has 1 unspecified atom stereocenters. The van der Waals surface area contributed by atoms with Crippen LogP contribution in [0.15, 0.2) is 42.5 Å². The van der Waals surface area contributed by atoms with Gasteiger partial charge in [0.15, 0.2) is 0 Å². The molecule has 1 aliphatic carbocycles. The number of nitrogens with one attached hydrogen (secondary N) is 1. The van der Waals surface area contributed by atoms with Gasteiger partial charge in [-0.3, -0.25) is 0 Å². The minimum atomic E-state index is 0.207. The predicted molar refractivity (Wildman–Crippen MR) is 91.4 cm³/mol. The highest BCUT2D eigenvalue weighted by molar-refractivity contribution is 6.30. The minimum Gasteiger partial charge on any atom is -0.382 e. The van der Waals surface area contributed by atoms with E-state index in [2.05, 4.69) is 62.5 Å². The lowest BCUT2D eigenvalue weighted by molar-refractivity contribution is 0.590. The van der Waals surface area contributed by atoms with Gasteiger partial charge in [-0.15, -0.1) is 0 Å². The van der Waals surface area contributed by atoms with Crippen molar-refractivity contribution in [2.24, 2.45) is 0 Å². The third-order valence-corrected chi connectivity index (χ3v) is 4.46. The van der Waals surface area contributed by atoms with Crippen molar-refractivity contribution >= 4 is 17.3 Å². The second kappa shape index (κ2) is 5.38. The quantitative estimate of drug-likeness (QED) is 0.802. The molecule has 1 aliphatic rings. The zero-order chi connectivity index (χ0) is 15.0. The van der Waals surface area contributed by atoms with Crippen LogP contribution in [0.1, 0.15) is 37.5 Å². The first-order valence-electron chi connectivity index (χ1n) is 7.56. The second-order valence-electron chi connectivity index (χ2n) is 6.99. The molecular formula is C19H22ClN. The molecule has 1 nitrogen and oxygen atoms in total. The summed E-state index contributed by atoms with van der Waals surface area (Å²) in [5.74, 6) is 0. The van der Waals surface area contributed by atoms with Crippen LogP contribution in [-0.4, -0.2) is 6.04 Å². The number of hydrogen-bond donors (Lipinski definition) is 1. The molecule has 2 aromatic rings. The Labute approximate surface area is 132 Å². The third kappa shape index (κ3) is 3.24. The highest BCUT2D eigenvalue weighted by Gasteiger charge is 2.21. The Morgan fingerprint density at radius 1 is 0.952 bits per heavy atom. The fraction of sp³-hybridized carbons (Fsp3) is 0.368. The van der Waals surface area contributed by atoms with Crippen molar-refractivity contribution in [3.8, 4) is 0 Å². The van der Waals surface area contributed by atoms with Crippen LogP contribution in [0.25, 0.3) is 0 Å². The lowest BCUT2D eigenvalue weighted by Gasteiger charge is -2.20. The molecule has 110 valence electrons. The van der Waals surface area contributed by atoms with Crippen molar-refractivity contribution in [2.75, 3.05) is 5.32 Å². The molecule has 0 saturated heterocycles. The average molecular weight is 300 g/mol. The van der Waals surface area contributed by atoms with Gasteiger partial charge >= 0.3 is 0 Å². The van der Waals surface area contributed by atoms with Crippen molar-refractivity contribution < 1.29 is 0 Å². The molecule has 0 aliphatic heterocycles. The smallest absolute Gasteiger partial charge is 0.0408 e. The predicted octanol–water partition coefficient (Wildman–Crippen LogP) is 5.22. The summed E-state index contributed by atoms with van der Waals surface area (Å²) in [6, 6.07) is 15.5. The lowest BCUT2D eigenvalue weighted by Crippen LogP contribution is -2.19. The van der Waals surface area contributed by atoms with Crippen molar-refractivity contribution in [3.05, 3.63) is 64.2 Å². The summed E-state index contributed by atoms with van der Waals surface area (Å²) in [5.41, 5.74) is 5.58. The lowest BCUT2D eigenvalue weighted by atomic mass is 9.87. The average Bonchev–Trinajstić information content (AvgIpc) is 2.79. The van der Waals surface area contributed by atoms with Gasteiger partial charge < -0.3 is 5.32 Å². The summed E-state index contributed by atoms with van der Waals surface area (Å²) in [4.78, 5) is 0. The van der Waals surface area contributed by atoms with Gasteiger partial charge in [-0.25, -0.2) is 0 Å². The van der Waals surface area contributed by atoms with Gasteiger partial charge in [-0.2, -0.15) is 0 Å². The highest BCUT2D eigenvalue weighted by Crippen LogP contribution is 2.28. The molecule has 0 fully saturated rings. The largest absolute Gasteiger partial charge is 0.382 e. The van der Waals surface area contributed by atoms with E-state index in [0.29, 0.717) is 6.04 Å². The monoisotopic (exact) mass is 299 g/mol. The Balaban J connectivity index is 1.69. The van der Waals surface area contributed by atoms with E-state index in [1.54, 1.807) is 0 Å². The Morgan fingerprint density at radius 3 is 2.29 bits per heavy atom. The minimum absolute atomic E-state index is 0.207. The van der Waals surface area contributed by atoms with E-state index in [1.807, 2.05) is 6.07 Å². The van der Waals surface area contributed by atoms with Crippen molar-refractivity contribution in [1.82, 2.24) is 0 Å². The first-order chi connectivity index (χ1) is 9.91. The molecule has 0 radical (unpaired) electrons. The molecule has 0 amide bonds. The molecule has 0 bridgehead atoms. The van der Waals surface area contributed by atoms with Gasteiger partial charge in [-0.1, -0.05) is 50.6 Å². The van der Waals surface area contributed by atoms with Gasteiger partial charge in [0.25, 0.3) is 0 Å². The maximum atomic E-state index is 6.07. The number of fused-ring (bicyclic) bond motifs is 1. The molecule has 21 heavy (non-hydrogen) atoms. The van der Waals surface area contributed by atoms with Crippen LogP contribution < -0.4 is 5.32 Å². The van der Waals surface area contributed by atoms with Crippen molar-refractivity contribution in [2.45, 2.75) is 45.1 Å². The molecule has 0 aromatic heterocycles.